The minimum Gasteiger partial charge on any atom is -0.497 e. The topological polar surface area (TPSA) is 81.0 Å². The van der Waals surface area contributed by atoms with Crippen molar-refractivity contribution in [3.05, 3.63) is 18.3 Å². The maximum atomic E-state index is 12.0. The molecule has 1 atom stereocenters. The second-order valence-electron chi connectivity index (χ2n) is 7.23. The van der Waals surface area contributed by atoms with Crippen LogP contribution in [-0.4, -0.2) is 52.5 Å². The van der Waals surface area contributed by atoms with Crippen molar-refractivity contribution < 1.29 is 14.3 Å². The average Bonchev–Trinajstić information content (AvgIpc) is 2.96. The molecule has 8 nitrogen and oxygen atoms in total. The standard InChI is InChI=1S/C17H25N5O3/c1-17(2,3)25-16(23)18-12-6-5-8-21(11-12)15-20-19-14-10-13(24-4)7-9-22(14)15/h7,9-10,12H,5-6,8,11H2,1-4H3,(H,18,23). The molecule has 1 aliphatic rings. The van der Waals surface area contributed by atoms with Gasteiger partial charge >= 0.3 is 6.09 Å². The second-order valence-corrected chi connectivity index (χ2v) is 7.23. The van der Waals surface area contributed by atoms with Crippen molar-refractivity contribution >= 4 is 17.7 Å². The Bertz CT molecular complexity index is 752. The van der Waals surface area contributed by atoms with Crippen LogP contribution < -0.4 is 15.0 Å². The molecule has 1 amide bonds. The van der Waals surface area contributed by atoms with Crippen LogP contribution in [0.15, 0.2) is 18.3 Å². The maximum absolute atomic E-state index is 12.0. The molecule has 0 radical (unpaired) electrons. The van der Waals surface area contributed by atoms with Gasteiger partial charge < -0.3 is 19.7 Å². The van der Waals surface area contributed by atoms with E-state index in [4.69, 9.17) is 9.47 Å². The van der Waals surface area contributed by atoms with Gasteiger partial charge in [0, 0.05) is 31.4 Å². The van der Waals surface area contributed by atoms with Crippen molar-refractivity contribution in [3.63, 3.8) is 0 Å². The molecule has 8 heteroatoms. The zero-order valence-electron chi connectivity index (χ0n) is 15.2. The summed E-state index contributed by atoms with van der Waals surface area (Å²) in [5, 5.41) is 11.5. The molecule has 3 heterocycles. The molecular formula is C17H25N5O3. The highest BCUT2D eigenvalue weighted by molar-refractivity contribution is 5.68. The van der Waals surface area contributed by atoms with Crippen LogP contribution >= 0.6 is 0 Å². The SMILES string of the molecule is COc1ccn2c(N3CCCC(NC(=O)OC(C)(C)C)C3)nnc2c1. The lowest BCUT2D eigenvalue weighted by Crippen LogP contribution is -2.49. The summed E-state index contributed by atoms with van der Waals surface area (Å²) in [6.45, 7) is 7.12. The first-order chi connectivity index (χ1) is 11.9. The van der Waals surface area contributed by atoms with Crippen LogP contribution in [0.4, 0.5) is 10.7 Å². The lowest BCUT2D eigenvalue weighted by molar-refractivity contribution is 0.0500. The molecule has 0 spiro atoms. The van der Waals surface area contributed by atoms with E-state index < -0.39 is 5.60 Å². The van der Waals surface area contributed by atoms with Gasteiger partial charge in [0.15, 0.2) is 5.65 Å². The molecule has 2 aromatic rings. The Morgan fingerprint density at radius 3 is 2.88 bits per heavy atom. The van der Waals surface area contributed by atoms with Crippen molar-refractivity contribution in [2.24, 2.45) is 0 Å². The third-order valence-electron chi connectivity index (χ3n) is 4.02. The number of aromatic nitrogens is 3. The molecule has 136 valence electrons. The fourth-order valence-corrected chi connectivity index (χ4v) is 2.95. The smallest absolute Gasteiger partial charge is 0.407 e. The van der Waals surface area contributed by atoms with Crippen molar-refractivity contribution in [1.29, 1.82) is 0 Å². The number of ether oxygens (including phenoxy) is 2. The predicted molar refractivity (Wildman–Crippen MR) is 94.1 cm³/mol. The minimum atomic E-state index is -0.499. The van der Waals surface area contributed by atoms with E-state index in [-0.39, 0.29) is 12.1 Å². The highest BCUT2D eigenvalue weighted by atomic mass is 16.6. The highest BCUT2D eigenvalue weighted by Gasteiger charge is 2.26. The first-order valence-corrected chi connectivity index (χ1v) is 8.49. The third kappa shape index (κ3) is 4.12. The summed E-state index contributed by atoms with van der Waals surface area (Å²) in [6.07, 6.45) is 3.40. The van der Waals surface area contributed by atoms with Gasteiger partial charge in [-0.15, -0.1) is 10.2 Å². The quantitative estimate of drug-likeness (QED) is 0.917. The number of pyridine rings is 1. The number of amides is 1. The van der Waals surface area contributed by atoms with Crippen LogP contribution in [0.5, 0.6) is 5.75 Å². The molecule has 0 aliphatic carbocycles. The van der Waals surface area contributed by atoms with Crippen molar-refractivity contribution in [2.75, 3.05) is 25.1 Å². The summed E-state index contributed by atoms with van der Waals surface area (Å²) < 4.78 is 12.5. The molecule has 0 saturated carbocycles. The molecule has 1 aliphatic heterocycles. The summed E-state index contributed by atoms with van der Waals surface area (Å²) in [5.41, 5.74) is 0.234. The van der Waals surface area contributed by atoms with Crippen LogP contribution in [0.1, 0.15) is 33.6 Å². The minimum absolute atomic E-state index is 0.0224. The molecule has 0 bridgehead atoms. The van der Waals surface area contributed by atoms with E-state index in [9.17, 15) is 4.79 Å². The average molecular weight is 347 g/mol. The van der Waals surface area contributed by atoms with Crippen LogP contribution in [-0.2, 0) is 4.74 Å². The van der Waals surface area contributed by atoms with Gasteiger partial charge in [-0.05, 0) is 39.7 Å². The van der Waals surface area contributed by atoms with Crippen molar-refractivity contribution in [3.8, 4) is 5.75 Å². The lowest BCUT2D eigenvalue weighted by atomic mass is 10.1. The van der Waals surface area contributed by atoms with Gasteiger partial charge in [-0.25, -0.2) is 4.79 Å². The summed E-state index contributed by atoms with van der Waals surface area (Å²) in [6, 6.07) is 3.74. The number of carbonyl (C=O) groups excluding carboxylic acids is 1. The summed E-state index contributed by atoms with van der Waals surface area (Å²) in [7, 11) is 1.63. The molecule has 3 rings (SSSR count). The van der Waals surface area contributed by atoms with Crippen LogP contribution in [0, 0.1) is 0 Å². The van der Waals surface area contributed by atoms with E-state index in [1.54, 1.807) is 7.11 Å². The third-order valence-corrected chi connectivity index (χ3v) is 4.02. The van der Waals surface area contributed by atoms with Gasteiger partial charge in [-0.3, -0.25) is 4.40 Å². The van der Waals surface area contributed by atoms with Gasteiger partial charge in [-0.1, -0.05) is 0 Å². The lowest BCUT2D eigenvalue weighted by Gasteiger charge is -2.33. The van der Waals surface area contributed by atoms with Gasteiger partial charge in [0.1, 0.15) is 11.4 Å². The van der Waals surface area contributed by atoms with Gasteiger partial charge in [0.05, 0.1) is 7.11 Å². The molecule has 2 aromatic heterocycles. The van der Waals surface area contributed by atoms with Gasteiger partial charge in [0.2, 0.25) is 5.95 Å². The van der Waals surface area contributed by atoms with Crippen LogP contribution in [0.25, 0.3) is 5.65 Å². The molecule has 0 aromatic carbocycles. The Morgan fingerprint density at radius 1 is 1.36 bits per heavy atom. The largest absolute Gasteiger partial charge is 0.497 e. The number of nitrogens with one attached hydrogen (secondary N) is 1. The Kier molecular flexibility index (Phi) is 4.69. The Morgan fingerprint density at radius 2 is 2.16 bits per heavy atom. The number of methoxy groups -OCH3 is 1. The molecule has 1 N–H and O–H groups in total. The number of fused-ring (bicyclic) bond motifs is 1. The Labute approximate surface area is 147 Å². The number of piperidine rings is 1. The number of nitrogens with zero attached hydrogens (tertiary/aromatic N) is 4. The highest BCUT2D eigenvalue weighted by Crippen LogP contribution is 2.21. The van der Waals surface area contributed by atoms with Gasteiger partial charge in [0.25, 0.3) is 0 Å². The fraction of sp³-hybridized carbons (Fsp3) is 0.588. The van der Waals surface area contributed by atoms with E-state index in [1.807, 2.05) is 43.5 Å². The predicted octanol–water partition coefficient (Wildman–Crippen LogP) is 2.23. The molecular weight excluding hydrogens is 322 g/mol. The second kappa shape index (κ2) is 6.78. The molecule has 1 fully saturated rings. The van der Waals surface area contributed by atoms with Crippen molar-refractivity contribution in [1.82, 2.24) is 19.9 Å². The summed E-state index contributed by atoms with van der Waals surface area (Å²) in [5.74, 6) is 1.52. The summed E-state index contributed by atoms with van der Waals surface area (Å²) in [4.78, 5) is 14.1. The first-order valence-electron chi connectivity index (χ1n) is 8.49. The fourth-order valence-electron chi connectivity index (χ4n) is 2.95. The molecule has 25 heavy (non-hydrogen) atoms. The maximum Gasteiger partial charge on any atom is 0.407 e. The summed E-state index contributed by atoms with van der Waals surface area (Å²) >= 11 is 0. The number of rotatable bonds is 3. The monoisotopic (exact) mass is 347 g/mol. The Hall–Kier alpha value is -2.51. The molecule has 1 unspecified atom stereocenters. The number of anilines is 1. The Balaban J connectivity index is 1.70. The van der Waals surface area contributed by atoms with Crippen LogP contribution in [0.2, 0.25) is 0 Å². The molecule has 1 saturated heterocycles. The van der Waals surface area contributed by atoms with E-state index >= 15 is 0 Å². The van der Waals surface area contributed by atoms with Crippen molar-refractivity contribution in [2.45, 2.75) is 45.3 Å². The number of carbonyl (C=O) groups is 1. The zero-order valence-corrected chi connectivity index (χ0v) is 15.2. The van der Waals surface area contributed by atoms with E-state index in [1.165, 1.54) is 0 Å². The first kappa shape index (κ1) is 17.3. The van der Waals surface area contributed by atoms with E-state index in [2.05, 4.69) is 20.4 Å². The van der Waals surface area contributed by atoms with Crippen LogP contribution in [0.3, 0.4) is 0 Å². The van der Waals surface area contributed by atoms with E-state index in [0.29, 0.717) is 6.54 Å². The number of hydrogen-bond donors (Lipinski definition) is 1. The zero-order chi connectivity index (χ0) is 18.0. The number of hydrogen-bond acceptors (Lipinski definition) is 6. The normalized spacial score (nSPS) is 18.2. The van der Waals surface area contributed by atoms with E-state index in [0.717, 1.165) is 36.7 Å². The van der Waals surface area contributed by atoms with Gasteiger partial charge in [-0.2, -0.15) is 0 Å². The number of alkyl carbamates (subject to hydrolysis) is 1.